The number of nitrogens with one attached hydrogen (secondary N) is 1. The number of aliphatic carboxylic acids is 1. The van der Waals surface area contributed by atoms with Crippen molar-refractivity contribution >= 4 is 11.9 Å². The fourth-order valence-electron chi connectivity index (χ4n) is 2.10. The van der Waals surface area contributed by atoms with Gasteiger partial charge in [0, 0.05) is 13.2 Å². The average Bonchev–Trinajstić information content (AvgIpc) is 2.42. The Kier molecular flexibility index (Phi) is 7.18. The van der Waals surface area contributed by atoms with Crippen LogP contribution in [0.4, 0.5) is 0 Å². The molecule has 2 N–H and O–H groups in total. The van der Waals surface area contributed by atoms with Gasteiger partial charge >= 0.3 is 5.97 Å². The zero-order valence-electron chi connectivity index (χ0n) is 11.4. The van der Waals surface area contributed by atoms with Crippen molar-refractivity contribution in [2.45, 2.75) is 32.6 Å². The molecule has 0 saturated heterocycles. The molecular formula is C14H23NO4. The van der Waals surface area contributed by atoms with Gasteiger partial charge in [0.1, 0.15) is 0 Å². The van der Waals surface area contributed by atoms with E-state index in [1.807, 2.05) is 12.2 Å². The third-order valence-corrected chi connectivity index (χ3v) is 3.27. The molecule has 0 bridgehead atoms. The number of amides is 1. The molecule has 0 aromatic rings. The summed E-state index contributed by atoms with van der Waals surface area (Å²) in [5.41, 5.74) is 0. The lowest BCUT2D eigenvalue weighted by molar-refractivity contribution is -0.147. The Labute approximate surface area is 114 Å². The summed E-state index contributed by atoms with van der Waals surface area (Å²) in [5.74, 6) is -2.15. The van der Waals surface area contributed by atoms with E-state index in [9.17, 15) is 9.59 Å². The molecule has 0 heterocycles. The van der Waals surface area contributed by atoms with Crippen LogP contribution >= 0.6 is 0 Å². The van der Waals surface area contributed by atoms with Crippen LogP contribution < -0.4 is 5.32 Å². The summed E-state index contributed by atoms with van der Waals surface area (Å²) in [4.78, 5) is 23.0. The third-order valence-electron chi connectivity index (χ3n) is 3.27. The monoisotopic (exact) mass is 269 g/mol. The second kappa shape index (κ2) is 8.69. The number of hydrogen-bond acceptors (Lipinski definition) is 3. The van der Waals surface area contributed by atoms with Crippen LogP contribution in [0.15, 0.2) is 12.2 Å². The van der Waals surface area contributed by atoms with E-state index >= 15 is 0 Å². The predicted molar refractivity (Wildman–Crippen MR) is 71.7 cm³/mol. The van der Waals surface area contributed by atoms with Gasteiger partial charge in [0.15, 0.2) is 0 Å². The molecule has 0 unspecified atom stereocenters. The number of rotatable bonds is 8. The number of carboxylic acid groups (broad SMARTS) is 1. The highest BCUT2D eigenvalue weighted by Gasteiger charge is 2.33. The normalized spacial score (nSPS) is 22.2. The topological polar surface area (TPSA) is 75.6 Å². The van der Waals surface area contributed by atoms with Gasteiger partial charge < -0.3 is 15.2 Å². The number of carbonyl (C=O) groups is 2. The molecule has 0 spiro atoms. The summed E-state index contributed by atoms with van der Waals surface area (Å²) in [7, 11) is 0. The minimum atomic E-state index is -0.899. The molecule has 1 amide bonds. The molecule has 0 radical (unpaired) electrons. The Morgan fingerprint density at radius 2 is 1.95 bits per heavy atom. The van der Waals surface area contributed by atoms with Crippen molar-refractivity contribution in [2.75, 3.05) is 19.8 Å². The van der Waals surface area contributed by atoms with Crippen LogP contribution in [0.1, 0.15) is 32.6 Å². The summed E-state index contributed by atoms with van der Waals surface area (Å²) in [6.07, 6.45) is 6.74. The molecule has 0 fully saturated rings. The molecule has 5 heteroatoms. The molecule has 1 rings (SSSR count). The molecule has 0 aromatic carbocycles. The lowest BCUT2D eigenvalue weighted by atomic mass is 9.82. The van der Waals surface area contributed by atoms with Crippen LogP contribution in [0.2, 0.25) is 0 Å². The van der Waals surface area contributed by atoms with E-state index in [2.05, 4.69) is 12.2 Å². The van der Waals surface area contributed by atoms with Gasteiger partial charge in [0.05, 0.1) is 18.4 Å². The zero-order chi connectivity index (χ0) is 14.1. The molecule has 1 aliphatic carbocycles. The van der Waals surface area contributed by atoms with E-state index in [0.29, 0.717) is 32.6 Å². The first-order valence-electron chi connectivity index (χ1n) is 6.90. The van der Waals surface area contributed by atoms with E-state index in [4.69, 9.17) is 9.84 Å². The maximum absolute atomic E-state index is 11.9. The molecule has 5 nitrogen and oxygen atoms in total. The summed E-state index contributed by atoms with van der Waals surface area (Å²) in [5, 5.41) is 11.8. The largest absolute Gasteiger partial charge is 0.481 e. The van der Waals surface area contributed by atoms with Crippen molar-refractivity contribution in [2.24, 2.45) is 11.8 Å². The fourth-order valence-corrected chi connectivity index (χ4v) is 2.10. The van der Waals surface area contributed by atoms with Crippen LogP contribution in [0.3, 0.4) is 0 Å². The summed E-state index contributed by atoms with van der Waals surface area (Å²) < 4.78 is 5.34. The van der Waals surface area contributed by atoms with Crippen molar-refractivity contribution in [1.29, 1.82) is 0 Å². The van der Waals surface area contributed by atoms with Crippen LogP contribution in [0.5, 0.6) is 0 Å². The van der Waals surface area contributed by atoms with E-state index in [1.54, 1.807) is 0 Å². The van der Waals surface area contributed by atoms with Gasteiger partial charge in [0.2, 0.25) is 5.91 Å². The Morgan fingerprint density at radius 3 is 2.58 bits per heavy atom. The van der Waals surface area contributed by atoms with Crippen LogP contribution in [-0.2, 0) is 14.3 Å². The highest BCUT2D eigenvalue weighted by molar-refractivity contribution is 5.85. The van der Waals surface area contributed by atoms with Crippen molar-refractivity contribution in [1.82, 2.24) is 5.32 Å². The molecular weight excluding hydrogens is 246 g/mol. The van der Waals surface area contributed by atoms with Gasteiger partial charge in [-0.05, 0) is 19.3 Å². The number of carbonyl (C=O) groups excluding carboxylic acids is 1. The maximum atomic E-state index is 11.9. The second-order valence-corrected chi connectivity index (χ2v) is 4.75. The zero-order valence-corrected chi connectivity index (χ0v) is 11.4. The van der Waals surface area contributed by atoms with Crippen molar-refractivity contribution in [3.63, 3.8) is 0 Å². The quantitative estimate of drug-likeness (QED) is 0.518. The minimum absolute atomic E-state index is 0.184. The molecule has 19 heavy (non-hydrogen) atoms. The van der Waals surface area contributed by atoms with Crippen LogP contribution in [-0.4, -0.2) is 36.7 Å². The highest BCUT2D eigenvalue weighted by Crippen LogP contribution is 2.25. The Hall–Kier alpha value is -1.36. The lowest BCUT2D eigenvalue weighted by Crippen LogP contribution is -2.40. The van der Waals surface area contributed by atoms with Gasteiger partial charge in [-0.1, -0.05) is 25.5 Å². The first kappa shape index (κ1) is 15.7. The number of ether oxygens (including phenoxy) is 1. The summed E-state index contributed by atoms with van der Waals surface area (Å²) in [6, 6.07) is 0. The minimum Gasteiger partial charge on any atom is -0.481 e. The smallest absolute Gasteiger partial charge is 0.307 e. The SMILES string of the molecule is CCCCOCCNC(=O)[C@@H]1CC=CC[C@@H]1C(=O)O. The predicted octanol–water partition coefficient (Wildman–Crippen LogP) is 1.59. The number of carboxylic acids is 1. The standard InChI is InChI=1S/C14H23NO4/c1-2-3-9-19-10-8-15-13(16)11-6-4-5-7-12(11)14(17)18/h4-5,11-12H,2-3,6-10H2,1H3,(H,15,16)(H,17,18)/t11-,12+/m1/s1. The lowest BCUT2D eigenvalue weighted by Gasteiger charge is -2.24. The molecule has 2 atom stereocenters. The molecule has 108 valence electrons. The number of allylic oxidation sites excluding steroid dienone is 2. The maximum Gasteiger partial charge on any atom is 0.307 e. The van der Waals surface area contributed by atoms with Gasteiger partial charge in [-0.25, -0.2) is 0 Å². The van der Waals surface area contributed by atoms with Crippen molar-refractivity contribution in [3.8, 4) is 0 Å². The second-order valence-electron chi connectivity index (χ2n) is 4.75. The third kappa shape index (κ3) is 5.42. The van der Waals surface area contributed by atoms with E-state index in [-0.39, 0.29) is 5.91 Å². The summed E-state index contributed by atoms with van der Waals surface area (Å²) >= 11 is 0. The van der Waals surface area contributed by atoms with Crippen LogP contribution in [0.25, 0.3) is 0 Å². The number of unbranched alkanes of at least 4 members (excludes halogenated alkanes) is 1. The molecule has 0 aromatic heterocycles. The Balaban J connectivity index is 2.27. The van der Waals surface area contributed by atoms with Crippen molar-refractivity contribution < 1.29 is 19.4 Å². The van der Waals surface area contributed by atoms with Gasteiger partial charge in [-0.15, -0.1) is 0 Å². The molecule has 1 aliphatic rings. The average molecular weight is 269 g/mol. The fraction of sp³-hybridized carbons (Fsp3) is 0.714. The number of hydrogen-bond donors (Lipinski definition) is 2. The van der Waals surface area contributed by atoms with Gasteiger partial charge in [-0.2, -0.15) is 0 Å². The van der Waals surface area contributed by atoms with E-state index in [1.165, 1.54) is 0 Å². The highest BCUT2D eigenvalue weighted by atomic mass is 16.5. The van der Waals surface area contributed by atoms with Crippen LogP contribution in [0, 0.1) is 11.8 Å². The summed E-state index contributed by atoms with van der Waals surface area (Å²) in [6.45, 7) is 3.71. The molecule has 0 saturated carbocycles. The van der Waals surface area contributed by atoms with Crippen molar-refractivity contribution in [3.05, 3.63) is 12.2 Å². The Bertz CT molecular complexity index is 327. The first-order valence-corrected chi connectivity index (χ1v) is 6.90. The Morgan fingerprint density at radius 1 is 1.26 bits per heavy atom. The van der Waals surface area contributed by atoms with E-state index in [0.717, 1.165) is 12.8 Å². The first-order chi connectivity index (χ1) is 9.16. The molecule has 0 aliphatic heterocycles. The van der Waals surface area contributed by atoms with E-state index < -0.39 is 17.8 Å². The van der Waals surface area contributed by atoms with Gasteiger partial charge in [0.25, 0.3) is 0 Å². The van der Waals surface area contributed by atoms with Gasteiger partial charge in [-0.3, -0.25) is 9.59 Å².